The van der Waals surface area contributed by atoms with Crippen LogP contribution in [0.4, 0.5) is 4.79 Å². The van der Waals surface area contributed by atoms with Crippen molar-refractivity contribution in [2.75, 3.05) is 13.1 Å². The highest BCUT2D eigenvalue weighted by molar-refractivity contribution is 6.04. The molecule has 132 valence electrons. The van der Waals surface area contributed by atoms with Crippen LogP contribution in [0.2, 0.25) is 0 Å². The van der Waals surface area contributed by atoms with Crippen LogP contribution in [-0.4, -0.2) is 41.9 Å². The molecule has 2 N–H and O–H groups in total. The van der Waals surface area contributed by atoms with E-state index in [-0.39, 0.29) is 30.9 Å². The molecule has 4 atom stereocenters. The van der Waals surface area contributed by atoms with Gasteiger partial charge in [0.15, 0.2) is 0 Å². The second kappa shape index (κ2) is 6.50. The average Bonchev–Trinajstić information content (AvgIpc) is 2.93. The van der Waals surface area contributed by atoms with E-state index >= 15 is 0 Å². The fourth-order valence-electron chi connectivity index (χ4n) is 4.78. The summed E-state index contributed by atoms with van der Waals surface area (Å²) in [5.41, 5.74) is 1.27. The summed E-state index contributed by atoms with van der Waals surface area (Å²) < 4.78 is 0. The number of amides is 4. The number of carbonyl (C=O) groups is 3. The number of carbonyl (C=O) groups excluding carboxylic acids is 3. The highest BCUT2D eigenvalue weighted by Gasteiger charge is 2.51. The van der Waals surface area contributed by atoms with Gasteiger partial charge in [0.1, 0.15) is 6.54 Å². The van der Waals surface area contributed by atoms with Gasteiger partial charge < -0.3 is 10.6 Å². The SMILES string of the molecule is O=C(CN1C(=O)CNC1=O)N[C@H]1[C@H]2CCCC[C@@H]2[C@@H]1c1ccccc1. The van der Waals surface area contributed by atoms with Crippen molar-refractivity contribution in [1.29, 1.82) is 0 Å². The van der Waals surface area contributed by atoms with E-state index in [1.165, 1.54) is 24.8 Å². The van der Waals surface area contributed by atoms with Crippen LogP contribution in [0, 0.1) is 11.8 Å². The Morgan fingerprint density at radius 3 is 2.52 bits per heavy atom. The van der Waals surface area contributed by atoms with Crippen molar-refractivity contribution in [3.05, 3.63) is 35.9 Å². The minimum atomic E-state index is -0.482. The summed E-state index contributed by atoms with van der Waals surface area (Å²) in [7, 11) is 0. The van der Waals surface area contributed by atoms with Gasteiger partial charge in [-0.3, -0.25) is 14.5 Å². The Morgan fingerprint density at radius 1 is 1.12 bits per heavy atom. The van der Waals surface area contributed by atoms with Gasteiger partial charge in [0.05, 0.1) is 6.54 Å². The van der Waals surface area contributed by atoms with Gasteiger partial charge in [-0.1, -0.05) is 43.2 Å². The molecule has 3 fully saturated rings. The Kier molecular flexibility index (Phi) is 4.19. The topological polar surface area (TPSA) is 78.5 Å². The molecule has 6 heteroatoms. The lowest BCUT2D eigenvalue weighted by Gasteiger charge is -2.55. The molecule has 25 heavy (non-hydrogen) atoms. The monoisotopic (exact) mass is 341 g/mol. The van der Waals surface area contributed by atoms with E-state index in [0.29, 0.717) is 17.8 Å². The van der Waals surface area contributed by atoms with E-state index in [1.807, 2.05) is 18.2 Å². The average molecular weight is 341 g/mol. The van der Waals surface area contributed by atoms with Crippen LogP contribution in [0.5, 0.6) is 0 Å². The highest BCUT2D eigenvalue weighted by Crippen LogP contribution is 2.54. The van der Waals surface area contributed by atoms with Crippen LogP contribution in [0.3, 0.4) is 0 Å². The van der Waals surface area contributed by atoms with Gasteiger partial charge in [0, 0.05) is 12.0 Å². The summed E-state index contributed by atoms with van der Waals surface area (Å²) in [4.78, 5) is 36.7. The molecule has 2 saturated carbocycles. The number of urea groups is 1. The van der Waals surface area contributed by atoms with Gasteiger partial charge in [-0.15, -0.1) is 0 Å². The van der Waals surface area contributed by atoms with Crippen molar-refractivity contribution in [3.8, 4) is 0 Å². The first-order valence-electron chi connectivity index (χ1n) is 9.07. The molecular weight excluding hydrogens is 318 g/mol. The van der Waals surface area contributed by atoms with E-state index in [4.69, 9.17) is 0 Å². The minimum Gasteiger partial charge on any atom is -0.351 e. The van der Waals surface area contributed by atoms with Gasteiger partial charge >= 0.3 is 6.03 Å². The molecule has 0 unspecified atom stereocenters. The van der Waals surface area contributed by atoms with Crippen molar-refractivity contribution < 1.29 is 14.4 Å². The Bertz CT molecular complexity index is 674. The molecule has 1 aromatic rings. The standard InChI is InChI=1S/C19H23N3O3/c23-15(11-22-16(24)10-20-19(22)25)21-18-14-9-5-4-8-13(14)17(18)12-6-2-1-3-7-12/h1-3,6-7,13-14,17-18H,4-5,8-11H2,(H,20,25)(H,21,23)/t13-,14-,17-,18-/m0/s1. The number of rotatable bonds is 4. The van der Waals surface area contributed by atoms with Crippen LogP contribution < -0.4 is 10.6 Å². The highest BCUT2D eigenvalue weighted by atomic mass is 16.2. The second-order valence-corrected chi connectivity index (χ2v) is 7.28. The lowest BCUT2D eigenvalue weighted by Crippen LogP contribution is -2.60. The number of benzene rings is 1. The van der Waals surface area contributed by atoms with E-state index in [2.05, 4.69) is 22.8 Å². The maximum absolute atomic E-state index is 12.5. The Labute approximate surface area is 147 Å². The molecule has 1 aromatic carbocycles. The molecule has 4 amide bonds. The largest absolute Gasteiger partial charge is 0.351 e. The molecule has 0 bridgehead atoms. The number of hydrogen-bond donors (Lipinski definition) is 2. The molecule has 1 saturated heterocycles. The predicted molar refractivity (Wildman–Crippen MR) is 91.7 cm³/mol. The number of nitrogens with zero attached hydrogens (tertiary/aromatic N) is 1. The zero-order chi connectivity index (χ0) is 17.4. The van der Waals surface area contributed by atoms with Gasteiger partial charge in [-0.05, 0) is 30.2 Å². The molecule has 0 spiro atoms. The van der Waals surface area contributed by atoms with Crippen molar-refractivity contribution in [1.82, 2.24) is 15.5 Å². The molecule has 4 rings (SSSR count). The number of fused-ring (bicyclic) bond motifs is 1. The maximum Gasteiger partial charge on any atom is 0.325 e. The third kappa shape index (κ3) is 2.90. The third-order valence-corrected chi connectivity index (χ3v) is 5.94. The van der Waals surface area contributed by atoms with Crippen molar-refractivity contribution in [2.45, 2.75) is 37.6 Å². The van der Waals surface area contributed by atoms with Crippen LogP contribution in [-0.2, 0) is 9.59 Å². The summed E-state index contributed by atoms with van der Waals surface area (Å²) in [6.07, 6.45) is 4.82. The third-order valence-electron chi connectivity index (χ3n) is 5.94. The summed E-state index contributed by atoms with van der Waals surface area (Å²) >= 11 is 0. The van der Waals surface area contributed by atoms with E-state index < -0.39 is 6.03 Å². The van der Waals surface area contributed by atoms with Crippen LogP contribution in [0.25, 0.3) is 0 Å². The number of nitrogens with one attached hydrogen (secondary N) is 2. The Morgan fingerprint density at radius 2 is 1.84 bits per heavy atom. The van der Waals surface area contributed by atoms with Gasteiger partial charge in [0.2, 0.25) is 5.91 Å². The summed E-state index contributed by atoms with van der Waals surface area (Å²) in [6.45, 7) is -0.215. The van der Waals surface area contributed by atoms with E-state index in [0.717, 1.165) is 11.3 Å². The lowest BCUT2D eigenvalue weighted by molar-refractivity contribution is -0.132. The van der Waals surface area contributed by atoms with Gasteiger partial charge in [-0.2, -0.15) is 0 Å². The zero-order valence-corrected chi connectivity index (χ0v) is 14.1. The molecule has 0 radical (unpaired) electrons. The lowest BCUT2D eigenvalue weighted by atomic mass is 9.53. The van der Waals surface area contributed by atoms with Crippen molar-refractivity contribution in [2.24, 2.45) is 11.8 Å². The maximum atomic E-state index is 12.5. The van der Waals surface area contributed by atoms with Crippen molar-refractivity contribution >= 4 is 17.8 Å². The molecule has 6 nitrogen and oxygen atoms in total. The fraction of sp³-hybridized carbons (Fsp3) is 0.526. The first kappa shape index (κ1) is 16.1. The summed E-state index contributed by atoms with van der Waals surface area (Å²) in [5.74, 6) is 0.868. The summed E-state index contributed by atoms with van der Waals surface area (Å²) in [6, 6.07) is 9.96. The molecule has 3 aliphatic rings. The molecule has 1 heterocycles. The summed E-state index contributed by atoms with van der Waals surface area (Å²) in [5, 5.41) is 5.56. The molecule has 2 aliphatic carbocycles. The van der Waals surface area contributed by atoms with E-state index in [9.17, 15) is 14.4 Å². The molecule has 1 aliphatic heterocycles. The van der Waals surface area contributed by atoms with Gasteiger partial charge in [0.25, 0.3) is 5.91 Å². The predicted octanol–water partition coefficient (Wildman–Crippen LogP) is 1.63. The number of imide groups is 1. The number of hydrogen-bond acceptors (Lipinski definition) is 3. The second-order valence-electron chi connectivity index (χ2n) is 7.28. The van der Waals surface area contributed by atoms with Crippen LogP contribution in [0.1, 0.15) is 37.2 Å². The Balaban J connectivity index is 1.46. The zero-order valence-electron chi connectivity index (χ0n) is 14.1. The molecular formula is C19H23N3O3. The van der Waals surface area contributed by atoms with Crippen LogP contribution in [0.15, 0.2) is 30.3 Å². The first-order chi connectivity index (χ1) is 12.1. The van der Waals surface area contributed by atoms with Crippen molar-refractivity contribution in [3.63, 3.8) is 0 Å². The quantitative estimate of drug-likeness (QED) is 0.817. The fourth-order valence-corrected chi connectivity index (χ4v) is 4.78. The minimum absolute atomic E-state index is 0.0210. The molecule has 0 aromatic heterocycles. The van der Waals surface area contributed by atoms with Gasteiger partial charge in [-0.25, -0.2) is 4.79 Å². The normalized spacial score (nSPS) is 31.1. The first-order valence-corrected chi connectivity index (χ1v) is 9.07. The van der Waals surface area contributed by atoms with Crippen LogP contribution >= 0.6 is 0 Å². The van der Waals surface area contributed by atoms with E-state index in [1.54, 1.807) is 0 Å². The smallest absolute Gasteiger partial charge is 0.325 e. The Hall–Kier alpha value is -2.37.